The number of nitrogens with zero attached hydrogens (tertiary/aromatic N) is 2. The molecule has 0 aliphatic rings. The van der Waals surface area contributed by atoms with Gasteiger partial charge in [-0.25, -0.2) is 9.97 Å². The molecule has 1 aromatic heterocycles. The third-order valence-electron chi connectivity index (χ3n) is 0.828. The van der Waals surface area contributed by atoms with Crippen LogP contribution in [0, 0.1) is 6.08 Å². The average Bonchev–Trinajstić information content (AvgIpc) is 1.90. The van der Waals surface area contributed by atoms with Gasteiger partial charge in [0.15, 0.2) is 0 Å². The van der Waals surface area contributed by atoms with Gasteiger partial charge < -0.3 is 0 Å². The van der Waals surface area contributed by atoms with Crippen molar-refractivity contribution in [3.8, 4) is 0 Å². The highest BCUT2D eigenvalue weighted by atomic mass is 35.5. The molecule has 0 saturated carbocycles. The Labute approximate surface area is 56.7 Å². The highest BCUT2D eigenvalue weighted by Crippen LogP contribution is 1.98. The van der Waals surface area contributed by atoms with Crippen LogP contribution in [0.25, 0.3) is 0 Å². The molecule has 48 valence electrons. The van der Waals surface area contributed by atoms with E-state index < -0.39 is 6.08 Å². The molecule has 0 spiro atoms. The summed E-state index contributed by atoms with van der Waals surface area (Å²) in [6, 6.07) is 0. The Morgan fingerprint density at radius 3 is 2.44 bits per heavy atom. The minimum atomic E-state index is -0.719. The van der Waals surface area contributed by atoms with E-state index in [1.54, 1.807) is 0 Å². The first-order valence-electron chi connectivity index (χ1n) is 2.35. The van der Waals surface area contributed by atoms with Gasteiger partial charge in [0, 0.05) is 18.0 Å². The largest absolute Gasteiger partial charge is 0.308 e. The lowest BCUT2D eigenvalue weighted by Crippen LogP contribution is -1.88. The van der Waals surface area contributed by atoms with Gasteiger partial charge in [-0.2, -0.15) is 4.39 Å². The fourth-order valence-corrected chi connectivity index (χ4v) is 0.546. The summed E-state index contributed by atoms with van der Waals surface area (Å²) >= 11 is 5.38. The summed E-state index contributed by atoms with van der Waals surface area (Å²) < 4.78 is 12.0. The molecule has 0 aliphatic carbocycles. The molecular formula is C5H4ClFN2. The molecule has 0 atom stereocenters. The first kappa shape index (κ1) is 6.42. The second-order valence-corrected chi connectivity index (χ2v) is 1.76. The number of halogens is 2. The van der Waals surface area contributed by atoms with Crippen molar-refractivity contribution in [2.75, 3.05) is 0 Å². The van der Waals surface area contributed by atoms with Gasteiger partial charge in [-0.15, -0.1) is 11.6 Å². The highest BCUT2D eigenvalue weighted by molar-refractivity contribution is 6.17. The van der Waals surface area contributed by atoms with Gasteiger partial charge in [0.1, 0.15) is 0 Å². The first-order chi connectivity index (χ1) is 4.33. The van der Waals surface area contributed by atoms with Crippen LogP contribution in [0.2, 0.25) is 0 Å². The second kappa shape index (κ2) is 2.73. The normalized spacial score (nSPS) is 9.56. The molecule has 0 N–H and O–H groups in total. The summed E-state index contributed by atoms with van der Waals surface area (Å²) in [5.41, 5.74) is 0.720. The third-order valence-corrected chi connectivity index (χ3v) is 1.14. The van der Waals surface area contributed by atoms with Crippen molar-refractivity contribution >= 4 is 11.6 Å². The van der Waals surface area contributed by atoms with Crippen molar-refractivity contribution in [3.63, 3.8) is 0 Å². The van der Waals surface area contributed by atoms with Gasteiger partial charge in [0.05, 0.1) is 5.88 Å². The van der Waals surface area contributed by atoms with Crippen LogP contribution in [0.5, 0.6) is 0 Å². The van der Waals surface area contributed by atoms with E-state index in [1.807, 2.05) is 0 Å². The molecule has 0 radical (unpaired) electrons. The summed E-state index contributed by atoms with van der Waals surface area (Å²) in [5, 5.41) is 0. The Balaban J connectivity index is 2.88. The molecule has 2 nitrogen and oxygen atoms in total. The molecule has 0 bridgehead atoms. The van der Waals surface area contributed by atoms with Crippen LogP contribution in [0.15, 0.2) is 12.4 Å². The molecule has 0 fully saturated rings. The maximum atomic E-state index is 12.0. The Morgan fingerprint density at radius 2 is 2.00 bits per heavy atom. The maximum Gasteiger partial charge on any atom is 0.308 e. The molecule has 0 aliphatic heterocycles. The summed E-state index contributed by atoms with van der Waals surface area (Å²) in [6.07, 6.45) is 1.99. The van der Waals surface area contributed by atoms with Gasteiger partial charge in [-0.3, -0.25) is 0 Å². The van der Waals surface area contributed by atoms with E-state index in [2.05, 4.69) is 9.97 Å². The zero-order chi connectivity index (χ0) is 6.69. The number of aromatic nitrogens is 2. The van der Waals surface area contributed by atoms with Crippen molar-refractivity contribution in [1.29, 1.82) is 0 Å². The minimum Gasteiger partial charge on any atom is -0.210 e. The molecule has 0 aromatic carbocycles. The molecule has 1 aromatic rings. The van der Waals surface area contributed by atoms with E-state index in [-0.39, 0.29) is 0 Å². The predicted molar refractivity (Wildman–Crippen MR) is 31.5 cm³/mol. The zero-order valence-electron chi connectivity index (χ0n) is 4.51. The van der Waals surface area contributed by atoms with Gasteiger partial charge in [0.2, 0.25) is 0 Å². The van der Waals surface area contributed by atoms with Crippen molar-refractivity contribution in [2.24, 2.45) is 0 Å². The van der Waals surface area contributed by atoms with Crippen LogP contribution in [-0.4, -0.2) is 9.97 Å². The van der Waals surface area contributed by atoms with Crippen molar-refractivity contribution in [3.05, 3.63) is 24.0 Å². The molecule has 1 heterocycles. The Bertz CT molecular complexity index is 187. The molecule has 4 heteroatoms. The van der Waals surface area contributed by atoms with Crippen LogP contribution in [0.1, 0.15) is 5.56 Å². The first-order valence-corrected chi connectivity index (χ1v) is 2.89. The lowest BCUT2D eigenvalue weighted by Gasteiger charge is -1.89. The monoisotopic (exact) mass is 146 g/mol. The Hall–Kier alpha value is -0.700. The quantitative estimate of drug-likeness (QED) is 0.442. The Kier molecular flexibility index (Phi) is 1.95. The molecule has 9 heavy (non-hydrogen) atoms. The van der Waals surface area contributed by atoms with Gasteiger partial charge >= 0.3 is 6.08 Å². The highest BCUT2D eigenvalue weighted by Gasteiger charge is 1.91. The van der Waals surface area contributed by atoms with Gasteiger partial charge in [0.25, 0.3) is 0 Å². The Morgan fingerprint density at radius 1 is 1.44 bits per heavy atom. The summed E-state index contributed by atoms with van der Waals surface area (Å²) in [6.45, 7) is 0. The lowest BCUT2D eigenvalue weighted by atomic mass is 10.4. The molecular weight excluding hydrogens is 143 g/mol. The van der Waals surface area contributed by atoms with E-state index in [0.717, 1.165) is 5.56 Å². The fraction of sp³-hybridized carbons (Fsp3) is 0.200. The SMILES string of the molecule is Fc1ncc(CCl)cn1. The number of alkyl halides is 1. The summed E-state index contributed by atoms with van der Waals surface area (Å²) in [7, 11) is 0. The number of rotatable bonds is 1. The van der Waals surface area contributed by atoms with E-state index in [0.29, 0.717) is 5.88 Å². The number of hydrogen-bond acceptors (Lipinski definition) is 2. The van der Waals surface area contributed by atoms with Crippen LogP contribution in [0.3, 0.4) is 0 Å². The van der Waals surface area contributed by atoms with E-state index in [9.17, 15) is 4.39 Å². The van der Waals surface area contributed by atoms with E-state index in [1.165, 1.54) is 12.4 Å². The van der Waals surface area contributed by atoms with Crippen molar-refractivity contribution in [1.82, 2.24) is 9.97 Å². The fourth-order valence-electron chi connectivity index (χ4n) is 0.408. The van der Waals surface area contributed by atoms with Crippen LogP contribution in [0.4, 0.5) is 4.39 Å². The standard InChI is InChI=1S/C5H4ClFN2/c6-1-4-2-8-5(7)9-3-4/h2-3H,1H2. The topological polar surface area (TPSA) is 25.8 Å². The predicted octanol–water partition coefficient (Wildman–Crippen LogP) is 1.35. The maximum absolute atomic E-state index is 12.0. The van der Waals surface area contributed by atoms with E-state index >= 15 is 0 Å². The molecule has 0 amide bonds. The molecule has 1 rings (SSSR count). The van der Waals surface area contributed by atoms with Crippen LogP contribution < -0.4 is 0 Å². The summed E-state index contributed by atoms with van der Waals surface area (Å²) in [5.74, 6) is 0.320. The van der Waals surface area contributed by atoms with Crippen LogP contribution in [-0.2, 0) is 5.88 Å². The third kappa shape index (κ3) is 1.61. The van der Waals surface area contributed by atoms with Crippen molar-refractivity contribution < 1.29 is 4.39 Å². The van der Waals surface area contributed by atoms with Gasteiger partial charge in [-0.05, 0) is 0 Å². The van der Waals surface area contributed by atoms with Gasteiger partial charge in [-0.1, -0.05) is 0 Å². The number of hydrogen-bond donors (Lipinski definition) is 0. The minimum absolute atomic E-state index is 0.320. The van der Waals surface area contributed by atoms with E-state index in [4.69, 9.17) is 11.6 Å². The second-order valence-electron chi connectivity index (χ2n) is 1.49. The summed E-state index contributed by atoms with van der Waals surface area (Å²) in [4.78, 5) is 6.58. The molecule has 0 saturated heterocycles. The molecule has 0 unspecified atom stereocenters. The lowest BCUT2D eigenvalue weighted by molar-refractivity contribution is 0.537. The van der Waals surface area contributed by atoms with Crippen molar-refractivity contribution in [2.45, 2.75) is 5.88 Å². The average molecular weight is 147 g/mol. The zero-order valence-corrected chi connectivity index (χ0v) is 5.27. The smallest absolute Gasteiger partial charge is 0.210 e. The van der Waals surface area contributed by atoms with Crippen LogP contribution >= 0.6 is 11.6 Å².